The van der Waals surface area contributed by atoms with Gasteiger partial charge < -0.3 is 0 Å². The molecule has 0 unspecified atom stereocenters. The predicted octanol–water partition coefficient (Wildman–Crippen LogP) is 3.31. The molecular formula is C9H16. The SMILES string of the molecule is C=CC(=CCCC)CC. The fourth-order valence-electron chi connectivity index (χ4n) is 0.702. The molecule has 0 heteroatoms. The molecule has 0 aliphatic carbocycles. The molecule has 0 saturated heterocycles. The second-order valence-electron chi connectivity index (χ2n) is 2.13. The van der Waals surface area contributed by atoms with Crippen LogP contribution in [-0.2, 0) is 0 Å². The second kappa shape index (κ2) is 5.61. The third-order valence-electron chi connectivity index (χ3n) is 1.37. The van der Waals surface area contributed by atoms with Gasteiger partial charge in [0.05, 0.1) is 0 Å². The lowest BCUT2D eigenvalue weighted by Crippen LogP contribution is -1.72. The first-order valence-electron chi connectivity index (χ1n) is 3.66. The molecule has 9 heavy (non-hydrogen) atoms. The molecule has 0 aromatic rings. The van der Waals surface area contributed by atoms with Crippen molar-refractivity contribution < 1.29 is 0 Å². The zero-order chi connectivity index (χ0) is 7.11. The fourth-order valence-corrected chi connectivity index (χ4v) is 0.702. The molecule has 0 aliphatic heterocycles. The summed E-state index contributed by atoms with van der Waals surface area (Å²) in [6.45, 7) is 8.06. The molecule has 0 rings (SSSR count). The van der Waals surface area contributed by atoms with Crippen LogP contribution in [0.4, 0.5) is 0 Å². The Hall–Kier alpha value is -0.520. The summed E-state index contributed by atoms with van der Waals surface area (Å²) >= 11 is 0. The van der Waals surface area contributed by atoms with Crippen LogP contribution < -0.4 is 0 Å². The first-order valence-corrected chi connectivity index (χ1v) is 3.66. The van der Waals surface area contributed by atoms with Crippen molar-refractivity contribution in [1.82, 2.24) is 0 Å². The Labute approximate surface area is 58.3 Å². The van der Waals surface area contributed by atoms with Crippen LogP contribution in [0.3, 0.4) is 0 Å². The Balaban J connectivity index is 3.61. The predicted molar refractivity (Wildman–Crippen MR) is 43.5 cm³/mol. The second-order valence-corrected chi connectivity index (χ2v) is 2.13. The Kier molecular flexibility index (Phi) is 5.29. The Morgan fingerprint density at radius 1 is 1.44 bits per heavy atom. The zero-order valence-corrected chi connectivity index (χ0v) is 6.48. The summed E-state index contributed by atoms with van der Waals surface area (Å²) in [6, 6.07) is 0. The fraction of sp³-hybridized carbons (Fsp3) is 0.556. The molecule has 0 aliphatic rings. The molecule has 0 aromatic carbocycles. The van der Waals surface area contributed by atoms with Crippen LogP contribution in [0.5, 0.6) is 0 Å². The molecular weight excluding hydrogens is 108 g/mol. The van der Waals surface area contributed by atoms with E-state index in [1.54, 1.807) is 0 Å². The molecule has 52 valence electrons. The standard InChI is InChI=1S/C9H16/c1-4-7-8-9(5-2)6-3/h5,8H,2,4,6-7H2,1,3H3. The first-order chi connectivity index (χ1) is 4.35. The van der Waals surface area contributed by atoms with Gasteiger partial charge in [-0.2, -0.15) is 0 Å². The summed E-state index contributed by atoms with van der Waals surface area (Å²) in [6.07, 6.45) is 7.73. The quantitative estimate of drug-likeness (QED) is 0.504. The molecule has 0 bridgehead atoms. The van der Waals surface area contributed by atoms with Gasteiger partial charge in [-0.05, 0) is 12.8 Å². The Bertz CT molecular complexity index is 98.6. The summed E-state index contributed by atoms with van der Waals surface area (Å²) in [7, 11) is 0. The number of hydrogen-bond acceptors (Lipinski definition) is 0. The third kappa shape index (κ3) is 4.01. The Morgan fingerprint density at radius 3 is 2.44 bits per heavy atom. The van der Waals surface area contributed by atoms with Gasteiger partial charge in [0.15, 0.2) is 0 Å². The number of hydrogen-bond donors (Lipinski definition) is 0. The summed E-state index contributed by atoms with van der Waals surface area (Å²) in [5, 5.41) is 0. The molecule has 0 fully saturated rings. The molecule has 0 saturated carbocycles. The summed E-state index contributed by atoms with van der Waals surface area (Å²) in [4.78, 5) is 0. The van der Waals surface area contributed by atoms with Crippen LogP contribution in [0.25, 0.3) is 0 Å². The summed E-state index contributed by atoms with van der Waals surface area (Å²) in [5.74, 6) is 0. The highest BCUT2D eigenvalue weighted by Crippen LogP contribution is 2.03. The maximum absolute atomic E-state index is 3.72. The average Bonchev–Trinajstić information content (AvgIpc) is 1.91. The van der Waals surface area contributed by atoms with E-state index in [1.165, 1.54) is 18.4 Å². The molecule has 0 atom stereocenters. The van der Waals surface area contributed by atoms with Gasteiger partial charge in [0, 0.05) is 0 Å². The molecule has 0 aromatic heterocycles. The third-order valence-corrected chi connectivity index (χ3v) is 1.37. The van der Waals surface area contributed by atoms with Crippen LogP contribution in [0.2, 0.25) is 0 Å². The van der Waals surface area contributed by atoms with E-state index in [1.807, 2.05) is 6.08 Å². The maximum Gasteiger partial charge on any atom is -0.0311 e. The van der Waals surface area contributed by atoms with Gasteiger partial charge in [0.1, 0.15) is 0 Å². The van der Waals surface area contributed by atoms with Gasteiger partial charge in [-0.25, -0.2) is 0 Å². The highest BCUT2D eigenvalue weighted by atomic mass is 13.9. The molecule has 0 spiro atoms. The van der Waals surface area contributed by atoms with Crippen LogP contribution in [0, 0.1) is 0 Å². The van der Waals surface area contributed by atoms with Crippen LogP contribution in [0.1, 0.15) is 33.1 Å². The topological polar surface area (TPSA) is 0 Å². The largest absolute Gasteiger partial charge is 0.0988 e. The van der Waals surface area contributed by atoms with Crippen molar-refractivity contribution in [1.29, 1.82) is 0 Å². The van der Waals surface area contributed by atoms with E-state index in [9.17, 15) is 0 Å². The van der Waals surface area contributed by atoms with Gasteiger partial charge in [-0.3, -0.25) is 0 Å². The average molecular weight is 124 g/mol. The van der Waals surface area contributed by atoms with E-state index in [2.05, 4.69) is 26.5 Å². The van der Waals surface area contributed by atoms with Gasteiger partial charge in [-0.1, -0.05) is 44.6 Å². The van der Waals surface area contributed by atoms with Crippen LogP contribution in [0.15, 0.2) is 24.3 Å². The lowest BCUT2D eigenvalue weighted by Gasteiger charge is -1.93. The molecule has 0 amide bonds. The monoisotopic (exact) mass is 124 g/mol. The minimum atomic E-state index is 1.11. The number of allylic oxidation sites excluding steroid dienone is 3. The first kappa shape index (κ1) is 8.48. The van der Waals surface area contributed by atoms with Crippen molar-refractivity contribution in [3.05, 3.63) is 24.3 Å². The lowest BCUT2D eigenvalue weighted by atomic mass is 10.1. The molecule has 0 N–H and O–H groups in total. The maximum atomic E-state index is 3.72. The van der Waals surface area contributed by atoms with Gasteiger partial charge >= 0.3 is 0 Å². The van der Waals surface area contributed by atoms with Crippen molar-refractivity contribution in [2.24, 2.45) is 0 Å². The van der Waals surface area contributed by atoms with Crippen molar-refractivity contribution >= 4 is 0 Å². The van der Waals surface area contributed by atoms with E-state index in [-0.39, 0.29) is 0 Å². The van der Waals surface area contributed by atoms with E-state index in [0.717, 1.165) is 6.42 Å². The number of unbranched alkanes of at least 4 members (excludes halogenated alkanes) is 1. The molecule has 0 nitrogen and oxygen atoms in total. The normalized spacial score (nSPS) is 11.6. The summed E-state index contributed by atoms with van der Waals surface area (Å²) in [5.41, 5.74) is 1.37. The molecule has 0 heterocycles. The summed E-state index contributed by atoms with van der Waals surface area (Å²) < 4.78 is 0. The lowest BCUT2D eigenvalue weighted by molar-refractivity contribution is 0.942. The van der Waals surface area contributed by atoms with E-state index >= 15 is 0 Å². The van der Waals surface area contributed by atoms with Crippen LogP contribution >= 0.6 is 0 Å². The van der Waals surface area contributed by atoms with Crippen LogP contribution in [-0.4, -0.2) is 0 Å². The van der Waals surface area contributed by atoms with E-state index in [4.69, 9.17) is 0 Å². The Morgan fingerprint density at radius 2 is 2.11 bits per heavy atom. The van der Waals surface area contributed by atoms with Crippen molar-refractivity contribution in [2.45, 2.75) is 33.1 Å². The minimum absolute atomic E-state index is 1.11. The van der Waals surface area contributed by atoms with Gasteiger partial charge in [-0.15, -0.1) is 0 Å². The molecule has 0 radical (unpaired) electrons. The highest BCUT2D eigenvalue weighted by molar-refractivity contribution is 5.14. The van der Waals surface area contributed by atoms with E-state index < -0.39 is 0 Å². The number of rotatable bonds is 4. The van der Waals surface area contributed by atoms with Crippen molar-refractivity contribution in [3.8, 4) is 0 Å². The van der Waals surface area contributed by atoms with Crippen molar-refractivity contribution in [2.75, 3.05) is 0 Å². The highest BCUT2D eigenvalue weighted by Gasteiger charge is 1.82. The minimum Gasteiger partial charge on any atom is -0.0988 e. The smallest absolute Gasteiger partial charge is 0.0311 e. The van der Waals surface area contributed by atoms with E-state index in [0.29, 0.717) is 0 Å². The van der Waals surface area contributed by atoms with Gasteiger partial charge in [0.2, 0.25) is 0 Å². The van der Waals surface area contributed by atoms with Gasteiger partial charge in [0.25, 0.3) is 0 Å². The zero-order valence-electron chi connectivity index (χ0n) is 6.48. The van der Waals surface area contributed by atoms with Crippen molar-refractivity contribution in [3.63, 3.8) is 0 Å².